The van der Waals surface area contributed by atoms with Crippen molar-refractivity contribution in [3.05, 3.63) is 64.7 Å². The number of benzene rings is 2. The molecule has 2 aliphatic heterocycles. The van der Waals surface area contributed by atoms with Crippen LogP contribution in [0.2, 0.25) is 5.02 Å². The molecule has 3 N–H and O–H groups in total. The van der Waals surface area contributed by atoms with Gasteiger partial charge in [-0.25, -0.2) is 9.30 Å². The normalized spacial score (nSPS) is 16.1. The molecule has 4 rings (SSSR count). The Hall–Kier alpha value is -3.77. The van der Waals surface area contributed by atoms with Gasteiger partial charge in [0, 0.05) is 38.4 Å². The molecule has 208 valence electrons. The van der Waals surface area contributed by atoms with Crippen LogP contribution in [0.4, 0.5) is 5.69 Å². The number of rotatable bonds is 9. The molecule has 11 nitrogen and oxygen atoms in total. The molecular formula is C26H30ClN5O6S. The number of halogens is 1. The summed E-state index contributed by atoms with van der Waals surface area (Å²) < 4.78 is 43.0. The molecule has 13 heteroatoms. The summed E-state index contributed by atoms with van der Waals surface area (Å²) in [6.07, 6.45) is 4.70. The third-order valence-corrected chi connectivity index (χ3v) is 7.69. The molecular weight excluding hydrogens is 546 g/mol. The number of likely N-dealkylation sites (tertiary alicyclic amines) is 1. The van der Waals surface area contributed by atoms with Gasteiger partial charge in [0.05, 0.1) is 23.8 Å². The minimum atomic E-state index is -4.47. The average molecular weight is 576 g/mol. The fraction of sp³-hybridized carbons (Fsp3) is 0.346. The summed E-state index contributed by atoms with van der Waals surface area (Å²) in [6, 6.07) is 12.2. The second-order valence-corrected chi connectivity index (χ2v) is 10.8. The number of piperidine rings is 1. The fourth-order valence-electron chi connectivity index (χ4n) is 4.21. The number of nitrogens with two attached hydrogens (primary N) is 1. The summed E-state index contributed by atoms with van der Waals surface area (Å²) >= 11 is 6.50. The van der Waals surface area contributed by atoms with Gasteiger partial charge < -0.3 is 24.3 Å². The van der Waals surface area contributed by atoms with Gasteiger partial charge in [-0.3, -0.25) is 10.2 Å². The molecule has 0 atom stereocenters. The van der Waals surface area contributed by atoms with Crippen LogP contribution in [0.1, 0.15) is 30.9 Å². The maximum atomic E-state index is 12.9. The highest BCUT2D eigenvalue weighted by molar-refractivity contribution is 7.88. The zero-order chi connectivity index (χ0) is 28.0. The number of aliphatic imine (C=N–C) groups is 1. The highest BCUT2D eigenvalue weighted by atomic mass is 35.5. The van der Waals surface area contributed by atoms with Gasteiger partial charge in [-0.05, 0) is 29.8 Å². The smallest absolute Gasteiger partial charge is 0.412 e. The lowest BCUT2D eigenvalue weighted by molar-refractivity contribution is -0.131. The first-order valence-corrected chi connectivity index (χ1v) is 14.1. The van der Waals surface area contributed by atoms with E-state index in [0.29, 0.717) is 36.0 Å². The molecule has 2 aliphatic rings. The van der Waals surface area contributed by atoms with Crippen molar-refractivity contribution in [2.75, 3.05) is 37.1 Å². The van der Waals surface area contributed by atoms with E-state index in [0.717, 1.165) is 37.2 Å². The van der Waals surface area contributed by atoms with Crippen LogP contribution in [0.5, 0.6) is 5.75 Å². The van der Waals surface area contributed by atoms with Crippen LogP contribution in [0.25, 0.3) is 6.08 Å². The third kappa shape index (κ3) is 7.42. The molecule has 1 saturated heterocycles. The molecule has 1 fully saturated rings. The van der Waals surface area contributed by atoms with Crippen LogP contribution in [-0.4, -0.2) is 70.0 Å². The Labute approximate surface area is 232 Å². The standard InChI is InChI=1S/C26H30ClN5O6S/c1-18(33)38-39(34,35)32(12-3-5-19-4-2-6-20(16-19)25(28)29)21-7-8-24(23(27)17-21)37-22-9-13-31(14-10-22)26-30-11-15-36-26/h2-8,16-17,22H,9-15H2,1H3,(H3,28,29)/b5-3+. The molecule has 0 saturated carbocycles. The second-order valence-electron chi connectivity index (χ2n) is 8.94. The summed E-state index contributed by atoms with van der Waals surface area (Å²) in [4.78, 5) is 17.9. The van der Waals surface area contributed by atoms with Crippen LogP contribution in [0.15, 0.2) is 53.5 Å². The second kappa shape index (κ2) is 12.4. The lowest BCUT2D eigenvalue weighted by atomic mass is 10.1. The molecule has 39 heavy (non-hydrogen) atoms. The number of anilines is 1. The first kappa shape index (κ1) is 28.2. The van der Waals surface area contributed by atoms with Crippen molar-refractivity contribution < 1.29 is 26.9 Å². The minimum Gasteiger partial charge on any atom is -0.489 e. The number of ether oxygens (including phenoxy) is 2. The Morgan fingerprint density at radius 1 is 1.28 bits per heavy atom. The van der Waals surface area contributed by atoms with Crippen molar-refractivity contribution in [2.45, 2.75) is 25.9 Å². The predicted octanol–water partition coefficient (Wildman–Crippen LogP) is 3.18. The molecule has 0 spiro atoms. The first-order chi connectivity index (χ1) is 18.6. The predicted molar refractivity (Wildman–Crippen MR) is 149 cm³/mol. The maximum Gasteiger partial charge on any atom is 0.412 e. The third-order valence-electron chi connectivity index (χ3n) is 6.05. The van der Waals surface area contributed by atoms with E-state index in [1.165, 1.54) is 6.07 Å². The molecule has 0 bridgehead atoms. The van der Waals surface area contributed by atoms with E-state index in [2.05, 4.69) is 14.1 Å². The van der Waals surface area contributed by atoms with E-state index < -0.39 is 16.3 Å². The zero-order valence-electron chi connectivity index (χ0n) is 21.4. The van der Waals surface area contributed by atoms with E-state index in [9.17, 15) is 13.2 Å². The van der Waals surface area contributed by atoms with E-state index in [1.54, 1.807) is 48.6 Å². The van der Waals surface area contributed by atoms with E-state index in [4.69, 9.17) is 32.2 Å². The topological polar surface area (TPSA) is 148 Å². The van der Waals surface area contributed by atoms with Gasteiger partial charge in [0.1, 0.15) is 24.3 Å². The molecule has 2 aromatic carbocycles. The van der Waals surface area contributed by atoms with Crippen molar-refractivity contribution in [1.82, 2.24) is 4.90 Å². The molecule has 0 unspecified atom stereocenters. The molecule has 2 heterocycles. The van der Waals surface area contributed by atoms with E-state index >= 15 is 0 Å². The highest BCUT2D eigenvalue weighted by Gasteiger charge is 2.28. The van der Waals surface area contributed by atoms with Crippen molar-refractivity contribution >= 4 is 51.5 Å². The maximum absolute atomic E-state index is 12.9. The first-order valence-electron chi connectivity index (χ1n) is 12.3. The number of amidine groups is 2. The van der Waals surface area contributed by atoms with Crippen LogP contribution in [0.3, 0.4) is 0 Å². The Balaban J connectivity index is 1.47. The summed E-state index contributed by atoms with van der Waals surface area (Å²) in [6.45, 7) is 3.65. The fourth-order valence-corrected chi connectivity index (χ4v) is 5.46. The van der Waals surface area contributed by atoms with Crippen molar-refractivity contribution in [3.63, 3.8) is 0 Å². The Morgan fingerprint density at radius 2 is 2.05 bits per heavy atom. The number of nitrogens with zero attached hydrogens (tertiary/aromatic N) is 3. The van der Waals surface area contributed by atoms with Crippen LogP contribution in [0, 0.1) is 5.41 Å². The SMILES string of the molecule is CC(=O)OS(=O)(=O)N(C/C=C/c1cccc(C(=N)N)c1)c1ccc(OC2CCN(C3=NCCO3)CC2)c(Cl)c1. The van der Waals surface area contributed by atoms with E-state index in [1.807, 2.05) is 0 Å². The van der Waals surface area contributed by atoms with Crippen molar-refractivity contribution in [3.8, 4) is 5.75 Å². The summed E-state index contributed by atoms with van der Waals surface area (Å²) in [7, 11) is -4.47. The largest absolute Gasteiger partial charge is 0.489 e. The zero-order valence-corrected chi connectivity index (χ0v) is 23.0. The highest BCUT2D eigenvalue weighted by Crippen LogP contribution is 2.33. The van der Waals surface area contributed by atoms with Crippen molar-refractivity contribution in [1.29, 1.82) is 5.41 Å². The molecule has 0 amide bonds. The monoisotopic (exact) mass is 575 g/mol. The molecule has 0 radical (unpaired) electrons. The van der Waals surface area contributed by atoms with Crippen LogP contribution < -0.4 is 14.8 Å². The summed E-state index contributed by atoms with van der Waals surface area (Å²) in [5.41, 5.74) is 6.99. The number of carbonyl (C=O) groups is 1. The quantitative estimate of drug-likeness (QED) is 0.342. The van der Waals surface area contributed by atoms with Crippen LogP contribution in [-0.2, 0) is 24.0 Å². The van der Waals surface area contributed by atoms with Gasteiger partial charge in [0.2, 0.25) is 0 Å². The van der Waals surface area contributed by atoms with Gasteiger partial charge >= 0.3 is 16.3 Å². The lowest BCUT2D eigenvalue weighted by Gasteiger charge is -2.32. The number of nitrogens with one attached hydrogen (secondary N) is 1. The number of hydrogen-bond acceptors (Lipinski definition) is 9. The Kier molecular flexibility index (Phi) is 8.97. The van der Waals surface area contributed by atoms with Crippen LogP contribution >= 0.6 is 11.6 Å². The van der Waals surface area contributed by atoms with Gasteiger partial charge in [0.25, 0.3) is 6.02 Å². The molecule has 0 aromatic heterocycles. The van der Waals surface area contributed by atoms with E-state index in [-0.39, 0.29) is 29.2 Å². The number of nitrogen functional groups attached to an aromatic ring is 1. The van der Waals surface area contributed by atoms with Gasteiger partial charge in [-0.1, -0.05) is 42.0 Å². The van der Waals surface area contributed by atoms with Crippen molar-refractivity contribution in [2.24, 2.45) is 10.7 Å². The molecule has 2 aromatic rings. The average Bonchev–Trinajstić information content (AvgIpc) is 3.43. The number of hydrogen-bond donors (Lipinski definition) is 2. The number of carbonyl (C=O) groups excluding carboxylic acids is 1. The summed E-state index contributed by atoms with van der Waals surface area (Å²) in [5, 5.41) is 7.80. The van der Waals surface area contributed by atoms with Gasteiger partial charge in [-0.2, -0.15) is 8.42 Å². The van der Waals surface area contributed by atoms with Gasteiger partial charge in [-0.15, -0.1) is 0 Å². The Bertz CT molecular complexity index is 1390. The Morgan fingerprint density at radius 3 is 2.69 bits per heavy atom. The molecule has 0 aliphatic carbocycles. The van der Waals surface area contributed by atoms with Gasteiger partial charge in [0.15, 0.2) is 0 Å². The summed E-state index contributed by atoms with van der Waals surface area (Å²) in [5.74, 6) is -0.622. The minimum absolute atomic E-state index is 0.0683. The lowest BCUT2D eigenvalue weighted by Crippen LogP contribution is -2.42.